The summed E-state index contributed by atoms with van der Waals surface area (Å²) in [6.45, 7) is 7.74. The van der Waals surface area contributed by atoms with E-state index in [4.69, 9.17) is 0 Å². The fourth-order valence-electron chi connectivity index (χ4n) is 1.93. The maximum atomic E-state index is 4.18. The standard InChI is InChI=1S/C13H26N4/c1-3-5-7-9-16(10-8-6-4-2)13-17-12-14-11-15-17/h11-12H,3-10,13H2,1-2H3. The van der Waals surface area contributed by atoms with Gasteiger partial charge in [-0.05, 0) is 25.9 Å². The quantitative estimate of drug-likeness (QED) is 0.588. The summed E-state index contributed by atoms with van der Waals surface area (Å²) in [5.74, 6) is 0. The van der Waals surface area contributed by atoms with E-state index in [1.165, 1.54) is 51.6 Å². The maximum Gasteiger partial charge on any atom is 0.137 e. The third-order valence-electron chi connectivity index (χ3n) is 2.97. The Morgan fingerprint density at radius 2 is 1.65 bits per heavy atom. The first kappa shape index (κ1) is 14.2. The Hall–Kier alpha value is -0.900. The highest BCUT2D eigenvalue weighted by atomic mass is 15.4. The number of unbranched alkanes of at least 4 members (excludes halogenated alkanes) is 4. The topological polar surface area (TPSA) is 34.0 Å². The molecule has 1 aromatic heterocycles. The van der Waals surface area contributed by atoms with Gasteiger partial charge in [0.05, 0.1) is 6.67 Å². The summed E-state index contributed by atoms with van der Waals surface area (Å²) >= 11 is 0. The molecular formula is C13H26N4. The summed E-state index contributed by atoms with van der Waals surface area (Å²) in [4.78, 5) is 6.48. The molecule has 0 aliphatic carbocycles. The first-order valence-corrected chi connectivity index (χ1v) is 6.91. The number of nitrogens with zero attached hydrogens (tertiary/aromatic N) is 4. The Kier molecular flexibility index (Phi) is 7.63. The highest BCUT2D eigenvalue weighted by Gasteiger charge is 2.05. The zero-order valence-electron chi connectivity index (χ0n) is 11.3. The zero-order valence-corrected chi connectivity index (χ0v) is 11.3. The summed E-state index contributed by atoms with van der Waals surface area (Å²) in [5.41, 5.74) is 0. The van der Waals surface area contributed by atoms with E-state index in [1.54, 1.807) is 12.7 Å². The van der Waals surface area contributed by atoms with Crippen molar-refractivity contribution in [2.45, 2.75) is 59.0 Å². The van der Waals surface area contributed by atoms with Crippen LogP contribution < -0.4 is 0 Å². The van der Waals surface area contributed by atoms with Crippen LogP contribution in [0.3, 0.4) is 0 Å². The molecule has 4 heteroatoms. The summed E-state index contributed by atoms with van der Waals surface area (Å²) < 4.78 is 1.91. The maximum absolute atomic E-state index is 4.18. The van der Waals surface area contributed by atoms with E-state index in [2.05, 4.69) is 28.8 Å². The van der Waals surface area contributed by atoms with Crippen molar-refractivity contribution >= 4 is 0 Å². The van der Waals surface area contributed by atoms with Gasteiger partial charge in [0.25, 0.3) is 0 Å². The largest absolute Gasteiger partial charge is 0.284 e. The molecule has 0 aliphatic heterocycles. The van der Waals surface area contributed by atoms with E-state index in [0.29, 0.717) is 0 Å². The molecule has 0 N–H and O–H groups in total. The predicted octanol–water partition coefficient (Wildman–Crippen LogP) is 2.92. The first-order chi connectivity index (χ1) is 8.36. The molecule has 0 atom stereocenters. The van der Waals surface area contributed by atoms with Crippen LogP contribution in [0.25, 0.3) is 0 Å². The van der Waals surface area contributed by atoms with Gasteiger partial charge in [-0.1, -0.05) is 39.5 Å². The fourth-order valence-corrected chi connectivity index (χ4v) is 1.93. The van der Waals surface area contributed by atoms with Crippen LogP contribution >= 0.6 is 0 Å². The van der Waals surface area contributed by atoms with Crippen molar-refractivity contribution in [3.8, 4) is 0 Å². The van der Waals surface area contributed by atoms with Crippen molar-refractivity contribution in [2.24, 2.45) is 0 Å². The Labute approximate surface area is 105 Å². The van der Waals surface area contributed by atoms with Crippen LogP contribution in [0, 0.1) is 0 Å². The van der Waals surface area contributed by atoms with Crippen molar-refractivity contribution in [3.05, 3.63) is 12.7 Å². The second kappa shape index (κ2) is 9.16. The highest BCUT2D eigenvalue weighted by molar-refractivity contribution is 4.60. The smallest absolute Gasteiger partial charge is 0.137 e. The Balaban J connectivity index is 2.29. The molecule has 0 aromatic carbocycles. The summed E-state index contributed by atoms with van der Waals surface area (Å²) in [5, 5.41) is 4.18. The summed E-state index contributed by atoms with van der Waals surface area (Å²) in [7, 11) is 0. The van der Waals surface area contributed by atoms with Crippen LogP contribution in [0.2, 0.25) is 0 Å². The molecule has 0 saturated heterocycles. The minimum absolute atomic E-state index is 0.882. The van der Waals surface area contributed by atoms with E-state index in [9.17, 15) is 0 Å². The third kappa shape index (κ3) is 6.41. The van der Waals surface area contributed by atoms with E-state index < -0.39 is 0 Å². The molecule has 0 fully saturated rings. The second-order valence-electron chi connectivity index (χ2n) is 4.61. The van der Waals surface area contributed by atoms with Crippen LogP contribution in [0.1, 0.15) is 52.4 Å². The SMILES string of the molecule is CCCCCN(CCCCC)Cn1cncn1. The average molecular weight is 238 g/mol. The van der Waals surface area contributed by atoms with Crippen molar-refractivity contribution in [1.82, 2.24) is 19.7 Å². The van der Waals surface area contributed by atoms with Crippen LogP contribution in [0.4, 0.5) is 0 Å². The molecule has 0 radical (unpaired) electrons. The van der Waals surface area contributed by atoms with Gasteiger partial charge in [0, 0.05) is 0 Å². The van der Waals surface area contributed by atoms with Crippen molar-refractivity contribution in [2.75, 3.05) is 13.1 Å². The Morgan fingerprint density at radius 1 is 1.00 bits per heavy atom. The molecule has 0 amide bonds. The minimum atomic E-state index is 0.882. The molecule has 1 rings (SSSR count). The lowest BCUT2D eigenvalue weighted by Gasteiger charge is -2.21. The predicted molar refractivity (Wildman–Crippen MR) is 70.6 cm³/mol. The van der Waals surface area contributed by atoms with Crippen LogP contribution in [-0.4, -0.2) is 32.8 Å². The van der Waals surface area contributed by atoms with Gasteiger partial charge >= 0.3 is 0 Å². The van der Waals surface area contributed by atoms with Crippen molar-refractivity contribution < 1.29 is 0 Å². The molecular weight excluding hydrogens is 212 g/mol. The zero-order chi connectivity index (χ0) is 12.3. The van der Waals surface area contributed by atoms with E-state index in [0.717, 1.165) is 6.67 Å². The minimum Gasteiger partial charge on any atom is -0.284 e. The lowest BCUT2D eigenvalue weighted by Crippen LogP contribution is -2.29. The van der Waals surface area contributed by atoms with Gasteiger partial charge in [0.2, 0.25) is 0 Å². The molecule has 4 nitrogen and oxygen atoms in total. The number of rotatable bonds is 10. The number of hydrogen-bond donors (Lipinski definition) is 0. The monoisotopic (exact) mass is 238 g/mol. The lowest BCUT2D eigenvalue weighted by atomic mass is 10.2. The van der Waals surface area contributed by atoms with Gasteiger partial charge in [-0.2, -0.15) is 5.10 Å². The Morgan fingerprint density at radius 3 is 2.12 bits per heavy atom. The van der Waals surface area contributed by atoms with E-state index >= 15 is 0 Å². The molecule has 0 aliphatic rings. The molecule has 1 heterocycles. The molecule has 0 unspecified atom stereocenters. The van der Waals surface area contributed by atoms with Gasteiger partial charge in [-0.15, -0.1) is 0 Å². The third-order valence-corrected chi connectivity index (χ3v) is 2.97. The van der Waals surface area contributed by atoms with Crippen molar-refractivity contribution in [3.63, 3.8) is 0 Å². The summed E-state index contributed by atoms with van der Waals surface area (Å²) in [6.07, 6.45) is 11.2. The van der Waals surface area contributed by atoms with Crippen LogP contribution in [0.15, 0.2) is 12.7 Å². The van der Waals surface area contributed by atoms with Gasteiger partial charge in [-0.3, -0.25) is 4.90 Å². The van der Waals surface area contributed by atoms with Gasteiger partial charge < -0.3 is 0 Å². The van der Waals surface area contributed by atoms with Gasteiger partial charge in [0.15, 0.2) is 0 Å². The van der Waals surface area contributed by atoms with Gasteiger partial charge in [0.1, 0.15) is 12.7 Å². The number of hydrogen-bond acceptors (Lipinski definition) is 3. The lowest BCUT2D eigenvalue weighted by molar-refractivity contribution is 0.199. The van der Waals surface area contributed by atoms with Gasteiger partial charge in [-0.25, -0.2) is 9.67 Å². The molecule has 0 spiro atoms. The Bertz CT molecular complexity index is 248. The molecule has 17 heavy (non-hydrogen) atoms. The molecule has 98 valence electrons. The molecule has 0 saturated carbocycles. The summed E-state index contributed by atoms with van der Waals surface area (Å²) in [6, 6.07) is 0. The normalized spacial score (nSPS) is 11.2. The van der Waals surface area contributed by atoms with E-state index in [-0.39, 0.29) is 0 Å². The van der Waals surface area contributed by atoms with Crippen molar-refractivity contribution in [1.29, 1.82) is 0 Å². The van der Waals surface area contributed by atoms with E-state index in [1.807, 2.05) is 4.68 Å². The highest BCUT2D eigenvalue weighted by Crippen LogP contribution is 2.03. The van der Waals surface area contributed by atoms with Crippen LogP contribution in [0.5, 0.6) is 0 Å². The first-order valence-electron chi connectivity index (χ1n) is 6.91. The van der Waals surface area contributed by atoms with Crippen LogP contribution in [-0.2, 0) is 6.67 Å². The number of aromatic nitrogens is 3. The fraction of sp³-hybridized carbons (Fsp3) is 0.846. The molecule has 0 bridgehead atoms. The average Bonchev–Trinajstić information content (AvgIpc) is 2.82. The molecule has 1 aromatic rings. The second-order valence-corrected chi connectivity index (χ2v) is 4.61.